The van der Waals surface area contributed by atoms with Crippen LogP contribution in [0, 0.1) is 13.8 Å². The molecule has 25 heavy (non-hydrogen) atoms. The van der Waals surface area contributed by atoms with Crippen LogP contribution in [-0.4, -0.2) is 18.4 Å². The van der Waals surface area contributed by atoms with Gasteiger partial charge in [-0.15, -0.1) is 0 Å². The van der Waals surface area contributed by atoms with Crippen LogP contribution in [0.25, 0.3) is 0 Å². The largest absolute Gasteiger partial charge is 0.324 e. The number of amides is 2. The topological polar surface area (TPSA) is 49.4 Å². The van der Waals surface area contributed by atoms with E-state index < -0.39 is 0 Å². The van der Waals surface area contributed by atoms with E-state index in [1.165, 1.54) is 11.8 Å². The van der Waals surface area contributed by atoms with Crippen LogP contribution >= 0.6 is 0 Å². The van der Waals surface area contributed by atoms with Crippen molar-refractivity contribution in [3.05, 3.63) is 59.2 Å². The van der Waals surface area contributed by atoms with Crippen molar-refractivity contribution in [1.82, 2.24) is 0 Å². The van der Waals surface area contributed by atoms with E-state index in [1.807, 2.05) is 56.3 Å². The first-order valence-corrected chi connectivity index (χ1v) is 8.54. The second kappa shape index (κ2) is 7.97. The Morgan fingerprint density at radius 2 is 1.60 bits per heavy atom. The number of para-hydroxylation sites is 2. The van der Waals surface area contributed by atoms with Crippen molar-refractivity contribution in [1.29, 1.82) is 0 Å². The summed E-state index contributed by atoms with van der Waals surface area (Å²) in [6.07, 6.45) is 0. The number of hydrogen-bond donors (Lipinski definition) is 1. The molecule has 0 aliphatic carbocycles. The second-order valence-corrected chi connectivity index (χ2v) is 6.64. The number of aryl methyl sites for hydroxylation is 2. The van der Waals surface area contributed by atoms with Gasteiger partial charge in [-0.25, -0.2) is 0 Å². The molecule has 2 aromatic carbocycles. The SMILES string of the molecule is CC(=O)N(CC(=O)Nc1ccccc1C(C)C)c1c(C)cccc1C. The number of nitrogens with one attached hydrogen (secondary N) is 1. The highest BCUT2D eigenvalue weighted by atomic mass is 16.2. The van der Waals surface area contributed by atoms with Gasteiger partial charge in [-0.1, -0.05) is 50.2 Å². The van der Waals surface area contributed by atoms with E-state index in [9.17, 15) is 9.59 Å². The predicted molar refractivity (Wildman–Crippen MR) is 103 cm³/mol. The number of hydrogen-bond acceptors (Lipinski definition) is 2. The van der Waals surface area contributed by atoms with E-state index in [2.05, 4.69) is 19.2 Å². The van der Waals surface area contributed by atoms with Crippen LogP contribution in [0.1, 0.15) is 43.4 Å². The van der Waals surface area contributed by atoms with Gasteiger partial charge in [0.05, 0.1) is 5.69 Å². The molecule has 0 saturated heterocycles. The molecule has 2 amide bonds. The lowest BCUT2D eigenvalue weighted by Gasteiger charge is -2.25. The van der Waals surface area contributed by atoms with Crippen molar-refractivity contribution in [3.8, 4) is 0 Å². The van der Waals surface area contributed by atoms with Crippen LogP contribution in [0.15, 0.2) is 42.5 Å². The summed E-state index contributed by atoms with van der Waals surface area (Å²) >= 11 is 0. The van der Waals surface area contributed by atoms with Gasteiger partial charge < -0.3 is 10.2 Å². The molecule has 0 atom stereocenters. The van der Waals surface area contributed by atoms with Crippen molar-refractivity contribution in [2.24, 2.45) is 0 Å². The Morgan fingerprint density at radius 3 is 2.16 bits per heavy atom. The van der Waals surface area contributed by atoms with Gasteiger partial charge in [-0.05, 0) is 42.5 Å². The molecular formula is C21H26N2O2. The molecule has 0 aliphatic heterocycles. The van der Waals surface area contributed by atoms with E-state index >= 15 is 0 Å². The van der Waals surface area contributed by atoms with Gasteiger partial charge in [0.25, 0.3) is 0 Å². The number of anilines is 2. The van der Waals surface area contributed by atoms with Gasteiger partial charge in [0.2, 0.25) is 11.8 Å². The molecule has 0 saturated carbocycles. The van der Waals surface area contributed by atoms with Crippen molar-refractivity contribution in [3.63, 3.8) is 0 Å². The maximum absolute atomic E-state index is 12.6. The highest BCUT2D eigenvalue weighted by Gasteiger charge is 2.20. The van der Waals surface area contributed by atoms with E-state index in [4.69, 9.17) is 0 Å². The van der Waals surface area contributed by atoms with Crippen LogP contribution in [0.2, 0.25) is 0 Å². The highest BCUT2D eigenvalue weighted by molar-refractivity contribution is 6.02. The van der Waals surface area contributed by atoms with Crippen molar-refractivity contribution in [2.45, 2.75) is 40.5 Å². The van der Waals surface area contributed by atoms with Crippen LogP contribution in [-0.2, 0) is 9.59 Å². The Hall–Kier alpha value is -2.62. The minimum absolute atomic E-state index is 0.00649. The first-order valence-electron chi connectivity index (χ1n) is 8.54. The Bertz CT molecular complexity index is 761. The first kappa shape index (κ1) is 18.7. The van der Waals surface area contributed by atoms with E-state index in [0.29, 0.717) is 5.92 Å². The van der Waals surface area contributed by atoms with Crippen molar-refractivity contribution >= 4 is 23.2 Å². The number of carbonyl (C=O) groups excluding carboxylic acids is 2. The fourth-order valence-corrected chi connectivity index (χ4v) is 3.03. The normalized spacial score (nSPS) is 10.6. The third-order valence-electron chi connectivity index (χ3n) is 4.25. The molecule has 0 bridgehead atoms. The minimum atomic E-state index is -0.203. The van der Waals surface area contributed by atoms with Gasteiger partial charge in [-0.3, -0.25) is 9.59 Å². The molecule has 0 aliphatic rings. The van der Waals surface area contributed by atoms with Crippen molar-refractivity contribution in [2.75, 3.05) is 16.8 Å². The number of benzene rings is 2. The number of carbonyl (C=O) groups is 2. The molecule has 0 radical (unpaired) electrons. The maximum atomic E-state index is 12.6. The summed E-state index contributed by atoms with van der Waals surface area (Å²) in [5, 5.41) is 2.95. The number of nitrogens with zero attached hydrogens (tertiary/aromatic N) is 1. The fourth-order valence-electron chi connectivity index (χ4n) is 3.03. The summed E-state index contributed by atoms with van der Waals surface area (Å²) in [6.45, 7) is 9.55. The van der Waals surface area contributed by atoms with E-state index in [0.717, 1.165) is 28.1 Å². The minimum Gasteiger partial charge on any atom is -0.324 e. The molecular weight excluding hydrogens is 312 g/mol. The van der Waals surface area contributed by atoms with Crippen LogP contribution in [0.4, 0.5) is 11.4 Å². The molecule has 4 nitrogen and oxygen atoms in total. The highest BCUT2D eigenvalue weighted by Crippen LogP contribution is 2.26. The Labute approximate surface area is 149 Å². The van der Waals surface area contributed by atoms with Gasteiger partial charge >= 0.3 is 0 Å². The molecule has 132 valence electrons. The zero-order chi connectivity index (χ0) is 18.6. The van der Waals surface area contributed by atoms with Crippen LogP contribution < -0.4 is 10.2 Å². The lowest BCUT2D eigenvalue weighted by atomic mass is 10.0. The maximum Gasteiger partial charge on any atom is 0.244 e. The molecule has 0 aromatic heterocycles. The first-order chi connectivity index (χ1) is 11.8. The molecule has 2 aromatic rings. The smallest absolute Gasteiger partial charge is 0.244 e. The standard InChI is InChI=1S/C21H26N2O2/c1-14(2)18-11-6-7-12-19(18)22-20(25)13-23(17(5)24)21-15(3)9-8-10-16(21)4/h6-12,14H,13H2,1-5H3,(H,22,25). The average Bonchev–Trinajstić information content (AvgIpc) is 2.53. The second-order valence-electron chi connectivity index (χ2n) is 6.64. The van der Waals surface area contributed by atoms with Gasteiger partial charge in [0, 0.05) is 12.6 Å². The lowest BCUT2D eigenvalue weighted by molar-refractivity contribution is -0.120. The zero-order valence-electron chi connectivity index (χ0n) is 15.6. The summed E-state index contributed by atoms with van der Waals surface area (Å²) in [6, 6.07) is 13.6. The molecule has 1 N–H and O–H groups in total. The Balaban J connectivity index is 2.24. The molecule has 0 unspecified atom stereocenters. The van der Waals surface area contributed by atoms with Crippen LogP contribution in [0.3, 0.4) is 0 Å². The van der Waals surface area contributed by atoms with Crippen molar-refractivity contribution < 1.29 is 9.59 Å². The summed E-state index contributed by atoms with van der Waals surface area (Å²) in [4.78, 5) is 26.3. The number of rotatable bonds is 5. The van der Waals surface area contributed by atoms with E-state index in [1.54, 1.807) is 0 Å². The van der Waals surface area contributed by atoms with Gasteiger partial charge in [0.15, 0.2) is 0 Å². The molecule has 0 heterocycles. The van der Waals surface area contributed by atoms with Gasteiger partial charge in [0.1, 0.15) is 6.54 Å². The molecule has 2 rings (SSSR count). The third-order valence-corrected chi connectivity index (χ3v) is 4.25. The van der Waals surface area contributed by atoms with E-state index in [-0.39, 0.29) is 18.4 Å². The monoisotopic (exact) mass is 338 g/mol. The molecule has 0 fully saturated rings. The Kier molecular flexibility index (Phi) is 5.97. The van der Waals surface area contributed by atoms with Crippen LogP contribution in [0.5, 0.6) is 0 Å². The van der Waals surface area contributed by atoms with Gasteiger partial charge in [-0.2, -0.15) is 0 Å². The average molecular weight is 338 g/mol. The predicted octanol–water partition coefficient (Wildman–Crippen LogP) is 4.42. The summed E-state index contributed by atoms with van der Waals surface area (Å²) < 4.78 is 0. The summed E-state index contributed by atoms with van der Waals surface area (Å²) in [5.74, 6) is -0.0466. The summed E-state index contributed by atoms with van der Waals surface area (Å²) in [7, 11) is 0. The Morgan fingerprint density at radius 1 is 1.00 bits per heavy atom. The lowest BCUT2D eigenvalue weighted by Crippen LogP contribution is -2.37. The zero-order valence-corrected chi connectivity index (χ0v) is 15.6. The summed E-state index contributed by atoms with van der Waals surface area (Å²) in [5.41, 5.74) is 4.64. The molecule has 0 spiro atoms. The third kappa shape index (κ3) is 4.47. The molecule has 4 heteroatoms. The quantitative estimate of drug-likeness (QED) is 0.877. The fraction of sp³-hybridized carbons (Fsp3) is 0.333.